The molecule has 1 aliphatic carbocycles. The quantitative estimate of drug-likeness (QED) is 0.582. The molecule has 7 nitrogen and oxygen atoms in total. The van der Waals surface area contributed by atoms with Crippen LogP contribution >= 0.6 is 0 Å². The number of hydrogen-bond acceptors (Lipinski definition) is 4. The van der Waals surface area contributed by atoms with Gasteiger partial charge in [-0.1, -0.05) is 69.3 Å². The minimum Gasteiger partial charge on any atom is -0.481 e. The van der Waals surface area contributed by atoms with Crippen LogP contribution in [-0.2, 0) is 14.3 Å². The maximum Gasteiger partial charge on any atom is 0.407 e. The van der Waals surface area contributed by atoms with Crippen LogP contribution < -0.4 is 10.6 Å². The molecule has 0 saturated heterocycles. The summed E-state index contributed by atoms with van der Waals surface area (Å²) in [5, 5.41) is 14.3. The van der Waals surface area contributed by atoms with E-state index in [0.717, 1.165) is 22.3 Å². The number of hydrogen-bond donors (Lipinski definition) is 3. The third-order valence-corrected chi connectivity index (χ3v) is 5.49. The van der Waals surface area contributed by atoms with Crippen LogP contribution in [0.3, 0.4) is 0 Å². The van der Waals surface area contributed by atoms with Gasteiger partial charge in [-0.15, -0.1) is 0 Å². The smallest absolute Gasteiger partial charge is 0.407 e. The molecule has 1 unspecified atom stereocenters. The minimum absolute atomic E-state index is 0.0117. The molecule has 2 amide bonds. The van der Waals surface area contributed by atoms with Gasteiger partial charge in [0.1, 0.15) is 6.61 Å². The summed E-state index contributed by atoms with van der Waals surface area (Å²) < 4.78 is 5.40. The topological polar surface area (TPSA) is 105 Å². The molecular weight excluding hydrogens is 408 g/mol. The molecule has 32 heavy (non-hydrogen) atoms. The maximum absolute atomic E-state index is 12.2. The highest BCUT2D eigenvalue weighted by atomic mass is 16.5. The van der Waals surface area contributed by atoms with Crippen LogP contribution in [0.15, 0.2) is 48.5 Å². The molecule has 0 bridgehead atoms. The van der Waals surface area contributed by atoms with Crippen molar-refractivity contribution in [3.63, 3.8) is 0 Å². The Hall–Kier alpha value is -3.35. The molecule has 0 spiro atoms. The molecule has 0 fully saturated rings. The minimum atomic E-state index is -0.954. The van der Waals surface area contributed by atoms with E-state index in [1.165, 1.54) is 0 Å². The van der Waals surface area contributed by atoms with Crippen molar-refractivity contribution in [1.29, 1.82) is 0 Å². The van der Waals surface area contributed by atoms with Crippen LogP contribution in [0, 0.1) is 11.3 Å². The molecule has 2 aromatic carbocycles. The number of nitrogens with one attached hydrogen (secondary N) is 2. The lowest BCUT2D eigenvalue weighted by atomic mass is 9.84. The Morgan fingerprint density at radius 1 is 0.969 bits per heavy atom. The zero-order valence-corrected chi connectivity index (χ0v) is 18.7. The Morgan fingerprint density at radius 2 is 1.53 bits per heavy atom. The van der Waals surface area contributed by atoms with E-state index in [-0.39, 0.29) is 31.0 Å². The third kappa shape index (κ3) is 5.87. The summed E-state index contributed by atoms with van der Waals surface area (Å²) in [5.74, 6) is -2.16. The highest BCUT2D eigenvalue weighted by molar-refractivity contribution is 5.83. The van der Waals surface area contributed by atoms with E-state index in [0.29, 0.717) is 6.42 Å². The predicted molar refractivity (Wildman–Crippen MR) is 121 cm³/mol. The van der Waals surface area contributed by atoms with Crippen molar-refractivity contribution in [2.24, 2.45) is 11.3 Å². The fourth-order valence-corrected chi connectivity index (χ4v) is 4.09. The van der Waals surface area contributed by atoms with Crippen LogP contribution in [0.4, 0.5) is 4.79 Å². The summed E-state index contributed by atoms with van der Waals surface area (Å²) in [6.07, 6.45) is -0.255. The molecule has 0 saturated carbocycles. The Labute approximate surface area is 188 Å². The molecule has 170 valence electrons. The summed E-state index contributed by atoms with van der Waals surface area (Å²) >= 11 is 0. The molecular formula is C25H30N2O5. The van der Waals surface area contributed by atoms with Gasteiger partial charge in [-0.2, -0.15) is 0 Å². The third-order valence-electron chi connectivity index (χ3n) is 5.49. The molecule has 0 heterocycles. The van der Waals surface area contributed by atoms with Gasteiger partial charge in [0, 0.05) is 12.5 Å². The van der Waals surface area contributed by atoms with E-state index in [2.05, 4.69) is 22.8 Å². The average Bonchev–Trinajstić information content (AvgIpc) is 3.06. The van der Waals surface area contributed by atoms with Gasteiger partial charge in [0.25, 0.3) is 0 Å². The summed E-state index contributed by atoms with van der Waals surface area (Å²) in [5.41, 5.74) is 4.32. The Kier molecular flexibility index (Phi) is 7.18. The van der Waals surface area contributed by atoms with Crippen LogP contribution in [0.25, 0.3) is 11.1 Å². The molecule has 3 rings (SSSR count). The predicted octanol–water partition coefficient (Wildman–Crippen LogP) is 3.78. The van der Waals surface area contributed by atoms with Crippen molar-refractivity contribution in [3.05, 3.63) is 59.7 Å². The molecule has 2 aromatic rings. The van der Waals surface area contributed by atoms with Crippen LogP contribution in [0.5, 0.6) is 0 Å². The fraction of sp³-hybridized carbons (Fsp3) is 0.400. The van der Waals surface area contributed by atoms with Gasteiger partial charge in [0.15, 0.2) is 0 Å². The first kappa shape index (κ1) is 23.3. The van der Waals surface area contributed by atoms with Gasteiger partial charge in [-0.25, -0.2) is 4.79 Å². The zero-order valence-electron chi connectivity index (χ0n) is 18.7. The Bertz CT molecular complexity index is 950. The zero-order chi connectivity index (χ0) is 23.3. The van der Waals surface area contributed by atoms with E-state index >= 15 is 0 Å². The fourth-order valence-electron chi connectivity index (χ4n) is 4.09. The lowest BCUT2D eigenvalue weighted by molar-refractivity contribution is -0.142. The maximum atomic E-state index is 12.2. The molecule has 3 N–H and O–H groups in total. The van der Waals surface area contributed by atoms with Crippen molar-refractivity contribution < 1.29 is 24.2 Å². The van der Waals surface area contributed by atoms with Gasteiger partial charge >= 0.3 is 12.1 Å². The lowest BCUT2D eigenvalue weighted by Gasteiger charge is -2.23. The van der Waals surface area contributed by atoms with Crippen LogP contribution in [0.2, 0.25) is 0 Å². The number of ether oxygens (including phenoxy) is 1. The van der Waals surface area contributed by atoms with Gasteiger partial charge in [-0.3, -0.25) is 9.59 Å². The van der Waals surface area contributed by atoms with Gasteiger partial charge < -0.3 is 20.5 Å². The number of carboxylic acid groups (broad SMARTS) is 1. The highest BCUT2D eigenvalue weighted by Crippen LogP contribution is 2.44. The number of rotatable bonds is 8. The number of carboxylic acids is 1. The van der Waals surface area contributed by atoms with E-state index in [1.807, 2.05) is 57.2 Å². The number of alkyl carbamates (subject to hydrolysis) is 1. The number of carbonyl (C=O) groups excluding carboxylic acids is 2. The Morgan fingerprint density at radius 3 is 2.06 bits per heavy atom. The first-order valence-corrected chi connectivity index (χ1v) is 10.7. The number of benzene rings is 2. The van der Waals surface area contributed by atoms with Gasteiger partial charge in [0.2, 0.25) is 5.91 Å². The van der Waals surface area contributed by atoms with Crippen LogP contribution in [0.1, 0.15) is 44.2 Å². The molecule has 0 radical (unpaired) electrons. The number of amides is 2. The normalized spacial score (nSPS) is 13.6. The lowest BCUT2D eigenvalue weighted by Crippen LogP contribution is -2.41. The number of carbonyl (C=O) groups is 3. The van der Waals surface area contributed by atoms with E-state index in [4.69, 9.17) is 4.74 Å². The molecule has 1 atom stereocenters. The average molecular weight is 439 g/mol. The van der Waals surface area contributed by atoms with Crippen molar-refractivity contribution in [2.75, 3.05) is 19.7 Å². The van der Waals surface area contributed by atoms with Crippen LogP contribution in [-0.4, -0.2) is 42.8 Å². The second kappa shape index (κ2) is 9.85. The van der Waals surface area contributed by atoms with Crippen molar-refractivity contribution in [3.8, 4) is 11.1 Å². The van der Waals surface area contributed by atoms with E-state index in [9.17, 15) is 19.5 Å². The number of fused-ring (bicyclic) bond motifs is 3. The largest absolute Gasteiger partial charge is 0.481 e. The van der Waals surface area contributed by atoms with E-state index in [1.54, 1.807) is 0 Å². The monoisotopic (exact) mass is 438 g/mol. The summed E-state index contributed by atoms with van der Waals surface area (Å²) in [6, 6.07) is 16.1. The second-order valence-corrected chi connectivity index (χ2v) is 9.28. The molecule has 0 aliphatic heterocycles. The number of aliphatic carboxylic acids is 1. The van der Waals surface area contributed by atoms with Crippen molar-refractivity contribution >= 4 is 18.0 Å². The molecule has 1 aliphatic rings. The first-order chi connectivity index (χ1) is 15.2. The Balaban J connectivity index is 1.48. The SMILES string of the molecule is CC(C)(C)CC(CNC(=O)CNC(=O)OCC1c2ccccc2-c2ccccc21)C(=O)O. The van der Waals surface area contributed by atoms with Crippen molar-refractivity contribution in [1.82, 2.24) is 10.6 Å². The summed E-state index contributed by atoms with van der Waals surface area (Å²) in [7, 11) is 0. The second-order valence-electron chi connectivity index (χ2n) is 9.28. The molecule has 7 heteroatoms. The summed E-state index contributed by atoms with van der Waals surface area (Å²) in [4.78, 5) is 35.6. The standard InChI is InChI=1S/C25H30N2O5/c1-25(2,3)12-16(23(29)30)13-26-22(28)14-27-24(31)32-15-21-19-10-6-4-8-17(19)18-9-5-7-11-20(18)21/h4-11,16,21H,12-15H2,1-3H3,(H,26,28)(H,27,31)(H,29,30). The van der Waals surface area contributed by atoms with Gasteiger partial charge in [-0.05, 0) is 34.1 Å². The summed E-state index contributed by atoms with van der Waals surface area (Å²) in [6.45, 7) is 5.74. The van der Waals surface area contributed by atoms with Gasteiger partial charge in [0.05, 0.1) is 12.5 Å². The van der Waals surface area contributed by atoms with Crippen molar-refractivity contribution in [2.45, 2.75) is 33.1 Å². The first-order valence-electron chi connectivity index (χ1n) is 10.7. The highest BCUT2D eigenvalue weighted by Gasteiger charge is 2.29. The van der Waals surface area contributed by atoms with E-state index < -0.39 is 23.9 Å². The molecule has 0 aromatic heterocycles.